The standard InChI is InChI=1S/C27H23ClN4O4S/c1-15-24-21(17(13-33)12-29-15)11-22-26(36-24)31-25(16-4-3-5-20(10-16)35-2)32-27(22)37-14-23(34)30-19-8-6-18(28)7-9-19/h3-10,12,33H,11,13-14H2,1-2H3,(H,30,34). The van der Waals surface area contributed by atoms with E-state index >= 15 is 0 Å². The number of anilines is 1. The number of rotatable bonds is 7. The molecule has 5 rings (SSSR count). The molecular weight excluding hydrogens is 512 g/mol. The van der Waals surface area contributed by atoms with Crippen molar-refractivity contribution < 1.29 is 19.4 Å². The number of aliphatic hydroxyl groups excluding tert-OH is 1. The van der Waals surface area contributed by atoms with E-state index < -0.39 is 0 Å². The first-order valence-electron chi connectivity index (χ1n) is 11.4. The highest BCUT2D eigenvalue weighted by molar-refractivity contribution is 8.00. The number of halogens is 1. The van der Waals surface area contributed by atoms with Crippen LogP contribution in [0.15, 0.2) is 59.8 Å². The van der Waals surface area contributed by atoms with Crippen LogP contribution in [0.25, 0.3) is 11.4 Å². The van der Waals surface area contributed by atoms with Crippen LogP contribution in [0.3, 0.4) is 0 Å². The van der Waals surface area contributed by atoms with E-state index in [9.17, 15) is 9.90 Å². The lowest BCUT2D eigenvalue weighted by Gasteiger charge is -2.24. The van der Waals surface area contributed by atoms with E-state index in [1.165, 1.54) is 11.8 Å². The predicted molar refractivity (Wildman–Crippen MR) is 143 cm³/mol. The Kier molecular flexibility index (Phi) is 7.27. The summed E-state index contributed by atoms with van der Waals surface area (Å²) in [6.07, 6.45) is 2.10. The molecular formula is C27H23ClN4O4S. The first-order valence-corrected chi connectivity index (χ1v) is 12.8. The van der Waals surface area contributed by atoms with E-state index in [1.807, 2.05) is 31.2 Å². The van der Waals surface area contributed by atoms with Crippen LogP contribution in [-0.2, 0) is 17.8 Å². The van der Waals surface area contributed by atoms with Gasteiger partial charge in [0.15, 0.2) is 11.6 Å². The second-order valence-corrected chi connectivity index (χ2v) is 9.73. The average Bonchev–Trinajstić information content (AvgIpc) is 2.92. The Hall–Kier alpha value is -3.66. The number of hydrogen-bond acceptors (Lipinski definition) is 8. The fourth-order valence-corrected chi connectivity index (χ4v) is 4.92. The maximum absolute atomic E-state index is 12.7. The maximum Gasteiger partial charge on any atom is 0.234 e. The summed E-state index contributed by atoms with van der Waals surface area (Å²) in [5, 5.41) is 14.0. The van der Waals surface area contributed by atoms with E-state index in [0.717, 1.165) is 16.7 Å². The number of hydrogen-bond donors (Lipinski definition) is 2. The van der Waals surface area contributed by atoms with Crippen LogP contribution < -0.4 is 14.8 Å². The Bertz CT molecular complexity index is 1480. The number of methoxy groups -OCH3 is 1. The number of amides is 1. The second-order valence-electron chi connectivity index (χ2n) is 8.33. The number of thioether (sulfide) groups is 1. The predicted octanol–water partition coefficient (Wildman–Crippen LogP) is 5.43. The van der Waals surface area contributed by atoms with Gasteiger partial charge in [-0.15, -0.1) is 0 Å². The largest absolute Gasteiger partial charge is 0.497 e. The van der Waals surface area contributed by atoms with E-state index in [-0.39, 0.29) is 18.3 Å². The van der Waals surface area contributed by atoms with Gasteiger partial charge in [-0.2, -0.15) is 4.98 Å². The van der Waals surface area contributed by atoms with Gasteiger partial charge in [0.05, 0.1) is 30.7 Å². The Morgan fingerprint density at radius 1 is 1.19 bits per heavy atom. The zero-order chi connectivity index (χ0) is 25.9. The van der Waals surface area contributed by atoms with Crippen molar-refractivity contribution in [2.24, 2.45) is 0 Å². The average molecular weight is 535 g/mol. The van der Waals surface area contributed by atoms with Crippen LogP contribution in [0, 0.1) is 6.92 Å². The molecule has 37 heavy (non-hydrogen) atoms. The van der Waals surface area contributed by atoms with Crippen molar-refractivity contribution in [2.75, 3.05) is 18.2 Å². The van der Waals surface area contributed by atoms with Gasteiger partial charge in [-0.05, 0) is 43.3 Å². The summed E-state index contributed by atoms with van der Waals surface area (Å²) in [5.74, 6) is 2.06. The lowest BCUT2D eigenvalue weighted by Crippen LogP contribution is -2.16. The van der Waals surface area contributed by atoms with Crippen LogP contribution in [0.5, 0.6) is 17.4 Å². The molecule has 0 unspecified atom stereocenters. The maximum atomic E-state index is 12.7. The van der Waals surface area contributed by atoms with E-state index in [1.54, 1.807) is 37.6 Å². The number of ether oxygens (including phenoxy) is 2. The molecule has 0 fully saturated rings. The number of fused-ring (bicyclic) bond motifs is 2. The quantitative estimate of drug-likeness (QED) is 0.210. The van der Waals surface area contributed by atoms with Crippen molar-refractivity contribution in [1.82, 2.24) is 15.0 Å². The van der Waals surface area contributed by atoms with Crippen molar-refractivity contribution in [2.45, 2.75) is 25.0 Å². The van der Waals surface area contributed by atoms with Gasteiger partial charge in [-0.25, -0.2) is 4.98 Å². The van der Waals surface area contributed by atoms with E-state index in [0.29, 0.717) is 56.6 Å². The summed E-state index contributed by atoms with van der Waals surface area (Å²) in [5.41, 5.74) is 4.39. The second kappa shape index (κ2) is 10.8. The molecule has 0 spiro atoms. The van der Waals surface area contributed by atoms with Gasteiger partial charge in [0.2, 0.25) is 11.8 Å². The number of aryl methyl sites for hydroxylation is 1. The van der Waals surface area contributed by atoms with E-state index in [2.05, 4.69) is 10.3 Å². The minimum Gasteiger partial charge on any atom is -0.497 e. The smallest absolute Gasteiger partial charge is 0.234 e. The van der Waals surface area contributed by atoms with Gasteiger partial charge < -0.3 is 19.9 Å². The molecule has 0 saturated carbocycles. The van der Waals surface area contributed by atoms with Crippen molar-refractivity contribution in [3.05, 3.63) is 82.1 Å². The number of benzene rings is 2. The molecule has 3 heterocycles. The minimum absolute atomic E-state index is 0.124. The van der Waals surface area contributed by atoms with Crippen molar-refractivity contribution >= 4 is 35.0 Å². The Labute approximate surface area is 223 Å². The van der Waals surface area contributed by atoms with Crippen LogP contribution in [0.2, 0.25) is 5.02 Å². The number of nitrogens with zero attached hydrogens (tertiary/aromatic N) is 3. The molecule has 1 aliphatic heterocycles. The number of aromatic nitrogens is 3. The summed E-state index contributed by atoms with van der Waals surface area (Å²) in [6, 6.07) is 14.4. The molecule has 1 aliphatic rings. The first-order chi connectivity index (χ1) is 17.9. The third-order valence-electron chi connectivity index (χ3n) is 5.85. The van der Waals surface area contributed by atoms with Crippen LogP contribution >= 0.6 is 23.4 Å². The lowest BCUT2D eigenvalue weighted by molar-refractivity contribution is -0.113. The van der Waals surface area contributed by atoms with Crippen LogP contribution in [-0.4, -0.2) is 38.8 Å². The molecule has 0 atom stereocenters. The van der Waals surface area contributed by atoms with Gasteiger partial charge in [-0.1, -0.05) is 35.5 Å². The molecule has 2 aromatic heterocycles. The summed E-state index contributed by atoms with van der Waals surface area (Å²) >= 11 is 7.24. The molecule has 8 nitrogen and oxygen atoms in total. The van der Waals surface area contributed by atoms with Crippen molar-refractivity contribution in [3.8, 4) is 28.8 Å². The lowest BCUT2D eigenvalue weighted by atomic mass is 9.99. The molecule has 188 valence electrons. The van der Waals surface area contributed by atoms with Crippen molar-refractivity contribution in [3.63, 3.8) is 0 Å². The van der Waals surface area contributed by atoms with E-state index in [4.69, 9.17) is 31.0 Å². The van der Waals surface area contributed by atoms with Gasteiger partial charge >= 0.3 is 0 Å². The van der Waals surface area contributed by atoms with Crippen LogP contribution in [0.1, 0.15) is 22.4 Å². The van der Waals surface area contributed by atoms with Crippen LogP contribution in [0.4, 0.5) is 5.69 Å². The highest BCUT2D eigenvalue weighted by Crippen LogP contribution is 2.42. The van der Waals surface area contributed by atoms with Crippen molar-refractivity contribution in [1.29, 1.82) is 0 Å². The van der Waals surface area contributed by atoms with Gasteiger partial charge in [0.1, 0.15) is 10.8 Å². The van der Waals surface area contributed by atoms with Gasteiger partial charge in [-0.3, -0.25) is 9.78 Å². The highest BCUT2D eigenvalue weighted by atomic mass is 35.5. The third kappa shape index (κ3) is 5.39. The number of aliphatic hydroxyl groups is 1. The Morgan fingerprint density at radius 2 is 2.00 bits per heavy atom. The molecule has 0 radical (unpaired) electrons. The fraction of sp³-hybridized carbons (Fsp3) is 0.185. The monoisotopic (exact) mass is 534 g/mol. The zero-order valence-corrected chi connectivity index (χ0v) is 21.7. The SMILES string of the molecule is COc1cccc(-c2nc3c(c(SCC(=O)Nc4ccc(Cl)cc4)n2)Cc2c(CO)cnc(C)c2O3)c1. The fourth-order valence-electron chi connectivity index (χ4n) is 3.97. The van der Waals surface area contributed by atoms with Gasteiger partial charge in [0.25, 0.3) is 0 Å². The normalized spacial score (nSPS) is 11.8. The molecule has 4 aromatic rings. The summed E-state index contributed by atoms with van der Waals surface area (Å²) in [4.78, 5) is 26.6. The molecule has 0 aliphatic carbocycles. The summed E-state index contributed by atoms with van der Waals surface area (Å²) in [6.45, 7) is 1.69. The molecule has 0 bridgehead atoms. The summed E-state index contributed by atoms with van der Waals surface area (Å²) < 4.78 is 11.6. The number of pyridine rings is 1. The highest BCUT2D eigenvalue weighted by Gasteiger charge is 2.28. The molecule has 10 heteroatoms. The third-order valence-corrected chi connectivity index (χ3v) is 7.12. The number of nitrogens with one attached hydrogen (secondary N) is 1. The Morgan fingerprint density at radius 3 is 2.76 bits per heavy atom. The minimum atomic E-state index is -0.184. The Balaban J connectivity index is 1.50. The number of carbonyl (C=O) groups is 1. The topological polar surface area (TPSA) is 106 Å². The molecule has 0 saturated heterocycles. The molecule has 2 aromatic carbocycles. The zero-order valence-electron chi connectivity index (χ0n) is 20.1. The molecule has 1 amide bonds. The summed E-state index contributed by atoms with van der Waals surface area (Å²) in [7, 11) is 1.60. The number of carbonyl (C=O) groups excluding carboxylic acids is 1. The molecule has 2 N–H and O–H groups in total. The first kappa shape index (κ1) is 25.0. The van der Waals surface area contributed by atoms with Gasteiger partial charge in [0, 0.05) is 40.0 Å².